The molecule has 0 bridgehead atoms. The fraction of sp³-hybridized carbons (Fsp3) is 0.533. The lowest BCUT2D eigenvalue weighted by molar-refractivity contribution is -0.123. The van der Waals surface area contributed by atoms with E-state index in [-0.39, 0.29) is 11.9 Å². The molecule has 0 aliphatic heterocycles. The number of benzene rings is 1. The van der Waals surface area contributed by atoms with Gasteiger partial charge in [0, 0.05) is 13.2 Å². The Morgan fingerprint density at radius 1 is 1.32 bits per heavy atom. The quantitative estimate of drug-likeness (QED) is 0.782. The molecule has 0 aliphatic rings. The lowest BCUT2D eigenvalue weighted by Gasteiger charge is -2.30. The van der Waals surface area contributed by atoms with Crippen molar-refractivity contribution < 1.29 is 17.9 Å². The van der Waals surface area contributed by atoms with Crippen molar-refractivity contribution in [2.45, 2.75) is 32.4 Å². The molecule has 1 aromatic rings. The highest BCUT2D eigenvalue weighted by Crippen LogP contribution is 2.22. The van der Waals surface area contributed by atoms with Crippen molar-refractivity contribution in [3.8, 4) is 0 Å². The Bertz CT molecular complexity index is 574. The Hall–Kier alpha value is -1.60. The maximum atomic E-state index is 12.4. The number of hydrogen-bond donors (Lipinski definition) is 1. The van der Waals surface area contributed by atoms with Crippen LogP contribution < -0.4 is 9.62 Å². The molecule has 0 unspecified atom stereocenters. The number of nitrogens with zero attached hydrogens (tertiary/aromatic N) is 1. The van der Waals surface area contributed by atoms with Crippen LogP contribution in [0.5, 0.6) is 0 Å². The molecule has 2 atom stereocenters. The molecule has 124 valence electrons. The third kappa shape index (κ3) is 4.99. The third-order valence-corrected chi connectivity index (χ3v) is 4.33. The number of para-hydroxylation sites is 1. The van der Waals surface area contributed by atoms with Crippen LogP contribution in [0.4, 0.5) is 5.69 Å². The number of carbonyl (C=O) groups excluding carboxylic acids is 1. The lowest BCUT2D eigenvalue weighted by Crippen LogP contribution is -2.51. The van der Waals surface area contributed by atoms with E-state index in [1.54, 1.807) is 51.3 Å². The fourth-order valence-corrected chi connectivity index (χ4v) is 3.48. The largest absolute Gasteiger partial charge is 0.383 e. The van der Waals surface area contributed by atoms with Crippen LogP contribution >= 0.6 is 0 Å². The van der Waals surface area contributed by atoms with E-state index in [2.05, 4.69) is 5.32 Å². The van der Waals surface area contributed by atoms with Gasteiger partial charge in [-0.25, -0.2) is 8.42 Å². The summed E-state index contributed by atoms with van der Waals surface area (Å²) < 4.78 is 30.5. The van der Waals surface area contributed by atoms with Crippen molar-refractivity contribution in [2.24, 2.45) is 0 Å². The number of methoxy groups -OCH3 is 1. The van der Waals surface area contributed by atoms with Crippen molar-refractivity contribution in [1.82, 2.24) is 5.32 Å². The first-order valence-electron chi connectivity index (χ1n) is 7.15. The minimum atomic E-state index is -3.58. The molecule has 0 fully saturated rings. The smallest absolute Gasteiger partial charge is 0.244 e. The Labute approximate surface area is 132 Å². The number of rotatable bonds is 8. The number of carbonyl (C=O) groups is 1. The minimum Gasteiger partial charge on any atom is -0.383 e. The molecule has 0 spiro atoms. The van der Waals surface area contributed by atoms with Crippen molar-refractivity contribution in [3.63, 3.8) is 0 Å². The molecule has 1 amide bonds. The molecule has 1 aromatic carbocycles. The summed E-state index contributed by atoms with van der Waals surface area (Å²) in [4.78, 5) is 12.4. The van der Waals surface area contributed by atoms with Crippen LogP contribution in [0.3, 0.4) is 0 Å². The Morgan fingerprint density at radius 2 is 1.91 bits per heavy atom. The number of nitrogens with one attached hydrogen (secondary N) is 1. The average Bonchev–Trinajstić information content (AvgIpc) is 2.44. The van der Waals surface area contributed by atoms with Crippen LogP contribution in [0.1, 0.15) is 20.3 Å². The topological polar surface area (TPSA) is 75.7 Å². The predicted molar refractivity (Wildman–Crippen MR) is 87.3 cm³/mol. The SMILES string of the molecule is CC[C@H](C(=O)N[C@@H](C)COC)N(c1ccccc1)S(C)(=O)=O. The monoisotopic (exact) mass is 328 g/mol. The molecule has 0 heterocycles. The van der Waals surface area contributed by atoms with Crippen LogP contribution in [-0.2, 0) is 19.6 Å². The Morgan fingerprint density at radius 3 is 2.36 bits per heavy atom. The van der Waals surface area contributed by atoms with Crippen LogP contribution in [0.25, 0.3) is 0 Å². The number of ether oxygens (including phenoxy) is 1. The normalized spacial score (nSPS) is 14.2. The van der Waals surface area contributed by atoms with Gasteiger partial charge in [-0.15, -0.1) is 0 Å². The molecule has 7 heteroatoms. The van der Waals surface area contributed by atoms with Gasteiger partial charge in [-0.1, -0.05) is 25.1 Å². The van der Waals surface area contributed by atoms with Gasteiger partial charge in [0.15, 0.2) is 0 Å². The van der Waals surface area contributed by atoms with Gasteiger partial charge in [0.25, 0.3) is 0 Å². The van der Waals surface area contributed by atoms with Gasteiger partial charge in [0.2, 0.25) is 15.9 Å². The summed E-state index contributed by atoms with van der Waals surface area (Å²) >= 11 is 0. The van der Waals surface area contributed by atoms with Crippen LogP contribution in [0.15, 0.2) is 30.3 Å². The van der Waals surface area contributed by atoms with E-state index < -0.39 is 16.1 Å². The minimum absolute atomic E-state index is 0.191. The summed E-state index contributed by atoms with van der Waals surface area (Å²) in [5.41, 5.74) is 0.478. The van der Waals surface area contributed by atoms with E-state index in [0.29, 0.717) is 18.7 Å². The second-order valence-corrected chi connectivity index (χ2v) is 7.04. The van der Waals surface area contributed by atoms with Gasteiger partial charge in [0.1, 0.15) is 6.04 Å². The number of amides is 1. The zero-order valence-corrected chi connectivity index (χ0v) is 14.3. The summed E-state index contributed by atoms with van der Waals surface area (Å²) in [6, 6.07) is 7.65. The second-order valence-electron chi connectivity index (χ2n) is 5.18. The van der Waals surface area contributed by atoms with E-state index in [9.17, 15) is 13.2 Å². The first-order valence-corrected chi connectivity index (χ1v) is 8.99. The summed E-state index contributed by atoms with van der Waals surface area (Å²) in [5.74, 6) is -0.332. The molecule has 6 nitrogen and oxygen atoms in total. The molecule has 1 rings (SSSR count). The number of sulfonamides is 1. The molecule has 0 aromatic heterocycles. The molecule has 1 N–H and O–H groups in total. The zero-order chi connectivity index (χ0) is 16.8. The molecule has 0 saturated carbocycles. The fourth-order valence-electron chi connectivity index (χ4n) is 2.27. The maximum Gasteiger partial charge on any atom is 0.244 e. The highest BCUT2D eigenvalue weighted by atomic mass is 32.2. The predicted octanol–water partition coefficient (Wildman–Crippen LogP) is 1.38. The molecule has 0 saturated heterocycles. The van der Waals surface area contributed by atoms with Gasteiger partial charge < -0.3 is 10.1 Å². The Balaban J connectivity index is 3.08. The summed E-state index contributed by atoms with van der Waals surface area (Å²) in [6.07, 6.45) is 1.47. The van der Waals surface area contributed by atoms with Crippen LogP contribution in [-0.4, -0.2) is 46.4 Å². The molecule has 22 heavy (non-hydrogen) atoms. The Kier molecular flexibility index (Phi) is 6.83. The van der Waals surface area contributed by atoms with Crippen LogP contribution in [0.2, 0.25) is 0 Å². The summed E-state index contributed by atoms with van der Waals surface area (Å²) in [6.45, 7) is 3.96. The van der Waals surface area contributed by atoms with Crippen molar-refractivity contribution >= 4 is 21.6 Å². The first-order chi connectivity index (χ1) is 10.3. The standard InChI is InChI=1S/C15H24N2O4S/c1-5-14(15(18)16-12(2)11-21-3)17(22(4,19)20)13-9-7-6-8-10-13/h6-10,12,14H,5,11H2,1-4H3,(H,16,18)/t12-,14+/m0/s1. The van der Waals surface area contributed by atoms with Crippen molar-refractivity contribution in [2.75, 3.05) is 24.3 Å². The lowest BCUT2D eigenvalue weighted by atomic mass is 10.1. The van der Waals surface area contributed by atoms with E-state index >= 15 is 0 Å². The van der Waals surface area contributed by atoms with Gasteiger partial charge in [0.05, 0.1) is 18.6 Å². The van der Waals surface area contributed by atoms with Crippen molar-refractivity contribution in [3.05, 3.63) is 30.3 Å². The summed E-state index contributed by atoms with van der Waals surface area (Å²) in [5, 5.41) is 2.78. The second kappa shape index (κ2) is 8.14. The molecular weight excluding hydrogens is 304 g/mol. The van der Waals surface area contributed by atoms with Crippen molar-refractivity contribution in [1.29, 1.82) is 0 Å². The van der Waals surface area contributed by atoms with Crippen LogP contribution in [0, 0.1) is 0 Å². The highest BCUT2D eigenvalue weighted by Gasteiger charge is 2.31. The molecular formula is C15H24N2O4S. The van der Waals surface area contributed by atoms with E-state index in [0.717, 1.165) is 6.26 Å². The molecule has 0 radical (unpaired) electrons. The van der Waals surface area contributed by atoms with Gasteiger partial charge >= 0.3 is 0 Å². The van der Waals surface area contributed by atoms with E-state index in [4.69, 9.17) is 4.74 Å². The van der Waals surface area contributed by atoms with Gasteiger partial charge in [-0.2, -0.15) is 0 Å². The van der Waals surface area contributed by atoms with Gasteiger partial charge in [-0.05, 0) is 25.5 Å². The third-order valence-electron chi connectivity index (χ3n) is 3.15. The number of hydrogen-bond acceptors (Lipinski definition) is 4. The zero-order valence-electron chi connectivity index (χ0n) is 13.4. The highest BCUT2D eigenvalue weighted by molar-refractivity contribution is 7.92. The first kappa shape index (κ1) is 18.4. The summed E-state index contributed by atoms with van der Waals surface area (Å²) in [7, 11) is -2.03. The van der Waals surface area contributed by atoms with E-state index in [1.165, 1.54) is 4.31 Å². The average molecular weight is 328 g/mol. The maximum absolute atomic E-state index is 12.4. The molecule has 0 aliphatic carbocycles. The van der Waals surface area contributed by atoms with E-state index in [1.807, 2.05) is 0 Å². The number of anilines is 1. The van der Waals surface area contributed by atoms with Gasteiger partial charge in [-0.3, -0.25) is 9.10 Å².